The highest BCUT2D eigenvalue weighted by Crippen LogP contribution is 2.29. The highest BCUT2D eigenvalue weighted by molar-refractivity contribution is 7.84. The van der Waals surface area contributed by atoms with Crippen molar-refractivity contribution in [3.63, 3.8) is 0 Å². The van der Waals surface area contributed by atoms with Gasteiger partial charge in [0.05, 0.1) is 18.7 Å². The molecule has 0 radical (unpaired) electrons. The molecule has 4 rings (SSSR count). The third-order valence-electron chi connectivity index (χ3n) is 5.25. The van der Waals surface area contributed by atoms with Crippen molar-refractivity contribution in [1.29, 1.82) is 0 Å². The van der Waals surface area contributed by atoms with Gasteiger partial charge in [0, 0.05) is 30.8 Å². The van der Waals surface area contributed by atoms with E-state index >= 15 is 0 Å². The smallest absolute Gasteiger partial charge is 0.333 e. The number of pyridine rings is 1. The minimum atomic E-state index is -3.95. The van der Waals surface area contributed by atoms with E-state index in [-0.39, 0.29) is 30.0 Å². The Balaban J connectivity index is 1.42. The van der Waals surface area contributed by atoms with Crippen molar-refractivity contribution in [2.75, 3.05) is 11.9 Å². The number of nitrogens with one attached hydrogen (secondary N) is 1. The predicted octanol–water partition coefficient (Wildman–Crippen LogP) is 1.15. The van der Waals surface area contributed by atoms with Gasteiger partial charge in [-0.05, 0) is 42.9 Å². The molecule has 1 saturated carbocycles. The number of carbonyl (C=O) groups excluding carboxylic acids is 1. The molecular weight excluding hydrogens is 434 g/mol. The summed E-state index contributed by atoms with van der Waals surface area (Å²) in [5.41, 5.74) is 1.59. The van der Waals surface area contributed by atoms with Gasteiger partial charge in [-0.15, -0.1) is 0 Å². The Morgan fingerprint density at radius 2 is 2.12 bits per heavy atom. The summed E-state index contributed by atoms with van der Waals surface area (Å²) in [5.74, 6) is 0.185. The molecule has 3 N–H and O–H groups in total. The van der Waals surface area contributed by atoms with Gasteiger partial charge in [-0.25, -0.2) is 15.1 Å². The van der Waals surface area contributed by atoms with E-state index in [0.717, 1.165) is 18.4 Å². The van der Waals surface area contributed by atoms with Crippen LogP contribution in [-0.4, -0.2) is 51.6 Å². The largest absolute Gasteiger partial charge is 0.367 e. The van der Waals surface area contributed by atoms with Crippen LogP contribution in [0.25, 0.3) is 0 Å². The Kier molecular flexibility index (Phi) is 6.53. The molecule has 2 atom stereocenters. The van der Waals surface area contributed by atoms with Crippen molar-refractivity contribution >= 4 is 21.9 Å². The van der Waals surface area contributed by atoms with Crippen LogP contribution in [0.4, 0.5) is 5.82 Å². The molecule has 11 nitrogen and oxygen atoms in total. The molecule has 0 spiro atoms. The quantitative estimate of drug-likeness (QED) is 0.450. The zero-order valence-corrected chi connectivity index (χ0v) is 18.0. The summed E-state index contributed by atoms with van der Waals surface area (Å²) in [6.07, 6.45) is 10.3. The first-order valence-corrected chi connectivity index (χ1v) is 11.6. The zero-order chi connectivity index (χ0) is 22.6. The molecule has 12 heteroatoms. The number of carbonyl (C=O) groups is 1. The molecule has 1 aliphatic rings. The van der Waals surface area contributed by atoms with Gasteiger partial charge >= 0.3 is 10.3 Å². The van der Waals surface area contributed by atoms with Crippen LogP contribution in [0, 0.1) is 5.92 Å². The van der Waals surface area contributed by atoms with Gasteiger partial charge in [0.25, 0.3) is 0 Å². The molecule has 1 fully saturated rings. The van der Waals surface area contributed by atoms with E-state index in [0.29, 0.717) is 24.3 Å². The number of hydrogen-bond donors (Lipinski definition) is 2. The van der Waals surface area contributed by atoms with E-state index in [1.807, 2.05) is 12.1 Å². The Labute approximate surface area is 185 Å². The molecule has 3 aromatic rings. The van der Waals surface area contributed by atoms with Crippen LogP contribution in [0.2, 0.25) is 0 Å². The summed E-state index contributed by atoms with van der Waals surface area (Å²) in [6, 6.07) is 5.46. The molecular formula is C20H23N7O4S. The molecule has 3 aromatic heterocycles. The van der Waals surface area contributed by atoms with Gasteiger partial charge in [0.15, 0.2) is 0 Å². The van der Waals surface area contributed by atoms with Gasteiger partial charge in [-0.1, -0.05) is 6.07 Å². The third-order valence-corrected chi connectivity index (χ3v) is 5.71. The lowest BCUT2D eigenvalue weighted by atomic mass is 10.1. The Morgan fingerprint density at radius 1 is 1.25 bits per heavy atom. The van der Waals surface area contributed by atoms with E-state index in [4.69, 9.17) is 9.32 Å². The summed E-state index contributed by atoms with van der Waals surface area (Å²) in [5, 5.41) is 12.6. The van der Waals surface area contributed by atoms with Crippen LogP contribution < -0.4 is 10.5 Å². The first-order chi connectivity index (χ1) is 15.4. The molecule has 3 heterocycles. The van der Waals surface area contributed by atoms with Crippen LogP contribution in [0.5, 0.6) is 0 Å². The molecule has 0 amide bonds. The van der Waals surface area contributed by atoms with Crippen LogP contribution in [-0.2, 0) is 21.0 Å². The fourth-order valence-electron chi connectivity index (χ4n) is 3.74. The average molecular weight is 458 g/mol. The first kappa shape index (κ1) is 22.0. The first-order valence-electron chi connectivity index (χ1n) is 10.1. The zero-order valence-electron chi connectivity index (χ0n) is 17.2. The van der Waals surface area contributed by atoms with Crippen LogP contribution in [0.3, 0.4) is 0 Å². The van der Waals surface area contributed by atoms with Gasteiger partial charge in [-0.3, -0.25) is 18.6 Å². The molecule has 1 aliphatic carbocycles. The summed E-state index contributed by atoms with van der Waals surface area (Å²) < 4.78 is 28.4. The molecule has 0 aliphatic heterocycles. The maximum Gasteiger partial charge on any atom is 0.333 e. The van der Waals surface area contributed by atoms with Gasteiger partial charge in [0.2, 0.25) is 5.78 Å². The van der Waals surface area contributed by atoms with Gasteiger partial charge < -0.3 is 5.32 Å². The normalized spacial score (nSPS) is 18.5. The van der Waals surface area contributed by atoms with Crippen LogP contribution >= 0.6 is 0 Å². The second-order valence-electron chi connectivity index (χ2n) is 7.67. The highest BCUT2D eigenvalue weighted by Gasteiger charge is 2.28. The highest BCUT2D eigenvalue weighted by atomic mass is 32.2. The fourth-order valence-corrected chi connectivity index (χ4v) is 4.12. The van der Waals surface area contributed by atoms with Crippen molar-refractivity contribution in [1.82, 2.24) is 24.7 Å². The SMILES string of the molecule is NS(=O)(=O)OC[C@@H]1CC[C@H](Nc2ncncc2C(=O)c2ccn(Cc3cccnc3)n2)C1. The Bertz CT molecular complexity index is 1180. The number of rotatable bonds is 9. The molecule has 0 aromatic carbocycles. The minimum Gasteiger partial charge on any atom is -0.367 e. The molecule has 0 unspecified atom stereocenters. The van der Waals surface area contributed by atoms with E-state index < -0.39 is 10.3 Å². The lowest BCUT2D eigenvalue weighted by molar-refractivity contribution is 0.103. The van der Waals surface area contributed by atoms with Crippen molar-refractivity contribution in [3.05, 3.63) is 66.1 Å². The van der Waals surface area contributed by atoms with E-state index in [1.165, 1.54) is 12.5 Å². The maximum absolute atomic E-state index is 13.1. The standard InChI is InChI=1S/C20H23N7O4S/c21-32(29,30)31-12-14-3-4-16(8-14)25-20-17(10-23-13-24-20)19(28)18-5-7-27(26-18)11-15-2-1-6-22-9-15/h1-2,5-7,9-10,13-14,16H,3-4,8,11-12H2,(H2,21,29,30)(H,23,24,25)/t14-,16+/m1/s1. The van der Waals surface area contributed by atoms with Gasteiger partial charge in [-0.2, -0.15) is 13.5 Å². The summed E-state index contributed by atoms with van der Waals surface area (Å²) in [7, 11) is -3.95. The minimum absolute atomic E-state index is 0.0219. The number of aromatic nitrogens is 5. The third kappa shape index (κ3) is 5.72. The van der Waals surface area contributed by atoms with Crippen molar-refractivity contribution < 1.29 is 17.4 Å². The number of nitrogens with two attached hydrogens (primary N) is 1. The molecule has 32 heavy (non-hydrogen) atoms. The molecule has 168 valence electrons. The average Bonchev–Trinajstić information content (AvgIpc) is 3.42. The Hall–Kier alpha value is -3.22. The van der Waals surface area contributed by atoms with E-state index in [2.05, 4.69) is 25.4 Å². The van der Waals surface area contributed by atoms with E-state index in [9.17, 15) is 13.2 Å². The number of ketones is 1. The van der Waals surface area contributed by atoms with Crippen molar-refractivity contribution in [2.24, 2.45) is 11.1 Å². The second kappa shape index (κ2) is 9.51. The Morgan fingerprint density at radius 3 is 2.91 bits per heavy atom. The molecule has 0 saturated heterocycles. The lowest BCUT2D eigenvalue weighted by Crippen LogP contribution is -2.22. The number of nitrogens with zero attached hydrogens (tertiary/aromatic N) is 5. The van der Waals surface area contributed by atoms with Crippen LogP contribution in [0.15, 0.2) is 49.3 Å². The monoisotopic (exact) mass is 457 g/mol. The fraction of sp³-hybridized carbons (Fsp3) is 0.350. The molecule has 0 bridgehead atoms. The van der Waals surface area contributed by atoms with Crippen molar-refractivity contribution in [3.8, 4) is 0 Å². The topological polar surface area (TPSA) is 155 Å². The maximum atomic E-state index is 13.1. The lowest BCUT2D eigenvalue weighted by Gasteiger charge is -2.15. The van der Waals surface area contributed by atoms with Crippen LogP contribution in [0.1, 0.15) is 40.9 Å². The summed E-state index contributed by atoms with van der Waals surface area (Å²) in [6.45, 7) is 0.544. The number of hydrogen-bond acceptors (Lipinski definition) is 9. The van der Waals surface area contributed by atoms with Gasteiger partial charge in [0.1, 0.15) is 17.8 Å². The second-order valence-corrected chi connectivity index (χ2v) is 8.89. The number of anilines is 1. The van der Waals surface area contributed by atoms with Crippen molar-refractivity contribution in [2.45, 2.75) is 31.8 Å². The van der Waals surface area contributed by atoms with E-state index in [1.54, 1.807) is 29.3 Å². The summed E-state index contributed by atoms with van der Waals surface area (Å²) >= 11 is 0. The predicted molar refractivity (Wildman–Crippen MR) is 115 cm³/mol. The summed E-state index contributed by atoms with van der Waals surface area (Å²) in [4.78, 5) is 25.4.